The van der Waals surface area contributed by atoms with Gasteiger partial charge in [-0.1, -0.05) is 79.4 Å². The topological polar surface area (TPSA) is 66.8 Å². The molecule has 0 aromatic heterocycles. The summed E-state index contributed by atoms with van der Waals surface area (Å²) in [6, 6.07) is 22.9. The van der Waals surface area contributed by atoms with Gasteiger partial charge in [0.15, 0.2) is 5.75 Å². The fourth-order valence-electron chi connectivity index (χ4n) is 4.25. The Hall–Kier alpha value is -3.10. The maximum absolute atomic E-state index is 13.9. The van der Waals surface area contributed by atoms with Gasteiger partial charge >= 0.3 is 0 Å². The van der Waals surface area contributed by atoms with E-state index in [-0.39, 0.29) is 33.8 Å². The van der Waals surface area contributed by atoms with Gasteiger partial charge in [-0.05, 0) is 78.1 Å². The van der Waals surface area contributed by atoms with E-state index < -0.39 is 15.8 Å². The van der Waals surface area contributed by atoms with Crippen molar-refractivity contribution in [2.24, 2.45) is 0 Å². The number of aryl methyl sites for hydroxylation is 1. The Morgan fingerprint density at radius 2 is 1.50 bits per heavy atom. The maximum atomic E-state index is 13.9. The van der Waals surface area contributed by atoms with E-state index in [0.29, 0.717) is 17.1 Å². The van der Waals surface area contributed by atoms with Gasteiger partial charge in [-0.2, -0.15) is 4.31 Å². The molecule has 4 rings (SSSR count). The second kappa shape index (κ2) is 13.5. The minimum atomic E-state index is -4.25. The Kier molecular flexibility index (Phi) is 10.1. The van der Waals surface area contributed by atoms with Crippen molar-refractivity contribution >= 4 is 33.2 Å². The highest BCUT2D eigenvalue weighted by molar-refractivity contribution is 7.89. The summed E-state index contributed by atoms with van der Waals surface area (Å²) in [7, 11) is -4.25. The van der Waals surface area contributed by atoms with Gasteiger partial charge in [0.2, 0.25) is 10.0 Å². The highest BCUT2D eigenvalue weighted by Crippen LogP contribution is 2.37. The number of unbranched alkanes of at least 4 members (excludes halogenated alkanes) is 2. The third-order valence-corrected chi connectivity index (χ3v) is 8.68. The molecule has 0 aliphatic rings. The molecule has 0 heterocycles. The Bertz CT molecular complexity index is 1550. The quantitative estimate of drug-likeness (QED) is 0.165. The summed E-state index contributed by atoms with van der Waals surface area (Å²) < 4.78 is 48.2. The molecule has 210 valence electrons. The van der Waals surface area contributed by atoms with E-state index in [1.807, 2.05) is 24.3 Å². The number of benzene rings is 4. The first-order valence-corrected chi connectivity index (χ1v) is 15.1. The summed E-state index contributed by atoms with van der Waals surface area (Å²) in [6.45, 7) is 2.18. The van der Waals surface area contributed by atoms with Crippen LogP contribution in [0.4, 0.5) is 4.39 Å². The highest BCUT2D eigenvalue weighted by atomic mass is 35.5. The van der Waals surface area contributed by atoms with Gasteiger partial charge < -0.3 is 9.84 Å². The minimum absolute atomic E-state index is 0.0230. The van der Waals surface area contributed by atoms with Crippen molar-refractivity contribution in [2.45, 2.75) is 50.6 Å². The molecule has 0 bridgehead atoms. The molecule has 4 aromatic carbocycles. The van der Waals surface area contributed by atoms with Crippen LogP contribution in [0.25, 0.3) is 0 Å². The molecule has 0 saturated heterocycles. The highest BCUT2D eigenvalue weighted by Gasteiger charge is 2.29. The smallest absolute Gasteiger partial charge is 0.247 e. The molecule has 0 fully saturated rings. The molecular weight excluding hydrogens is 572 g/mol. The molecule has 0 radical (unpaired) electrons. The van der Waals surface area contributed by atoms with Gasteiger partial charge in [-0.15, -0.1) is 0 Å². The molecule has 0 aliphatic heterocycles. The SMILES string of the molecule is CCCCCc1ccc(CN(Cc2cccc(Oc3ccc(F)cc3)c2)S(=O)(=O)c2cc(Cl)cc(Cl)c2O)cc1. The molecule has 0 saturated carbocycles. The lowest BCUT2D eigenvalue weighted by molar-refractivity contribution is 0.393. The predicted molar refractivity (Wildman–Crippen MR) is 157 cm³/mol. The largest absolute Gasteiger partial charge is 0.505 e. The molecule has 9 heteroatoms. The summed E-state index contributed by atoms with van der Waals surface area (Å²) in [5.41, 5.74) is 2.62. The van der Waals surface area contributed by atoms with E-state index in [9.17, 15) is 17.9 Å². The van der Waals surface area contributed by atoms with Crippen LogP contribution in [0.1, 0.15) is 42.9 Å². The molecule has 0 spiro atoms. The van der Waals surface area contributed by atoms with Crippen LogP contribution in [0.3, 0.4) is 0 Å². The molecule has 0 amide bonds. The standard InChI is InChI=1S/C31H30Cl2FNO4S/c1-2-3-4-6-22-9-11-23(12-10-22)20-35(40(37,38)30-19-25(32)18-29(33)31(30)36)21-24-7-5-8-28(17-24)39-27-15-13-26(34)14-16-27/h5,7-19,36H,2-4,6,20-21H2,1H3. The number of phenolic OH excluding ortho intramolecular Hbond substituents is 1. The number of aromatic hydroxyl groups is 1. The zero-order valence-electron chi connectivity index (χ0n) is 22.0. The van der Waals surface area contributed by atoms with Crippen molar-refractivity contribution in [3.8, 4) is 17.2 Å². The third-order valence-electron chi connectivity index (χ3n) is 6.37. The van der Waals surface area contributed by atoms with Crippen molar-refractivity contribution in [3.05, 3.63) is 117 Å². The summed E-state index contributed by atoms with van der Waals surface area (Å²) in [6.07, 6.45) is 4.36. The zero-order chi connectivity index (χ0) is 28.7. The van der Waals surface area contributed by atoms with E-state index in [1.165, 1.54) is 46.3 Å². The second-order valence-electron chi connectivity index (χ2n) is 9.48. The van der Waals surface area contributed by atoms with E-state index in [1.54, 1.807) is 24.3 Å². The predicted octanol–water partition coefficient (Wildman–Crippen LogP) is 8.75. The van der Waals surface area contributed by atoms with Crippen molar-refractivity contribution in [2.75, 3.05) is 0 Å². The van der Waals surface area contributed by atoms with Crippen LogP contribution in [-0.4, -0.2) is 17.8 Å². The van der Waals surface area contributed by atoms with E-state index >= 15 is 0 Å². The summed E-state index contributed by atoms with van der Waals surface area (Å²) in [5, 5.41) is 10.5. The van der Waals surface area contributed by atoms with Gasteiger partial charge in [0.25, 0.3) is 0 Å². The lowest BCUT2D eigenvalue weighted by atomic mass is 10.1. The number of hydrogen-bond donors (Lipinski definition) is 1. The Morgan fingerprint density at radius 1 is 0.825 bits per heavy atom. The van der Waals surface area contributed by atoms with Gasteiger partial charge in [0, 0.05) is 18.1 Å². The average Bonchev–Trinajstić information content (AvgIpc) is 2.93. The van der Waals surface area contributed by atoms with Crippen LogP contribution in [0.2, 0.25) is 10.0 Å². The summed E-state index contributed by atoms with van der Waals surface area (Å²) >= 11 is 12.2. The first kappa shape index (κ1) is 29.9. The van der Waals surface area contributed by atoms with Gasteiger partial charge in [0.1, 0.15) is 22.2 Å². The van der Waals surface area contributed by atoms with E-state index in [4.69, 9.17) is 27.9 Å². The van der Waals surface area contributed by atoms with Crippen molar-refractivity contribution in [3.63, 3.8) is 0 Å². The Labute approximate surface area is 244 Å². The third kappa shape index (κ3) is 7.76. The number of rotatable bonds is 12. The van der Waals surface area contributed by atoms with Crippen molar-refractivity contribution < 1.29 is 22.7 Å². The van der Waals surface area contributed by atoms with Crippen LogP contribution < -0.4 is 4.74 Å². The molecule has 4 aromatic rings. The van der Waals surface area contributed by atoms with Gasteiger partial charge in [-0.3, -0.25) is 0 Å². The van der Waals surface area contributed by atoms with E-state index in [2.05, 4.69) is 6.92 Å². The molecule has 1 N–H and O–H groups in total. The maximum Gasteiger partial charge on any atom is 0.247 e. The van der Waals surface area contributed by atoms with Gasteiger partial charge in [0.05, 0.1) is 5.02 Å². The summed E-state index contributed by atoms with van der Waals surface area (Å²) in [4.78, 5) is -0.375. The molecule has 0 aliphatic carbocycles. The average molecular weight is 603 g/mol. The molecule has 0 atom stereocenters. The number of nitrogens with zero attached hydrogens (tertiary/aromatic N) is 1. The zero-order valence-corrected chi connectivity index (χ0v) is 24.3. The fraction of sp³-hybridized carbons (Fsp3) is 0.226. The van der Waals surface area contributed by atoms with Crippen LogP contribution >= 0.6 is 23.2 Å². The number of hydrogen-bond acceptors (Lipinski definition) is 4. The fourth-order valence-corrected chi connectivity index (χ4v) is 6.41. The van der Waals surface area contributed by atoms with E-state index in [0.717, 1.165) is 31.2 Å². The van der Waals surface area contributed by atoms with Crippen LogP contribution in [0.5, 0.6) is 17.2 Å². The van der Waals surface area contributed by atoms with Crippen molar-refractivity contribution in [1.82, 2.24) is 4.31 Å². The molecule has 40 heavy (non-hydrogen) atoms. The molecular formula is C31H30Cl2FNO4S. The lowest BCUT2D eigenvalue weighted by Gasteiger charge is -2.24. The number of ether oxygens (including phenoxy) is 1. The van der Waals surface area contributed by atoms with Gasteiger partial charge in [-0.25, -0.2) is 12.8 Å². The number of halogens is 3. The molecule has 0 unspecified atom stereocenters. The van der Waals surface area contributed by atoms with Crippen molar-refractivity contribution in [1.29, 1.82) is 0 Å². The first-order chi connectivity index (χ1) is 19.2. The molecule has 5 nitrogen and oxygen atoms in total. The minimum Gasteiger partial charge on any atom is -0.505 e. The second-order valence-corrected chi connectivity index (χ2v) is 12.2. The monoisotopic (exact) mass is 601 g/mol. The normalized spacial score (nSPS) is 11.6. The van der Waals surface area contributed by atoms with Crippen LogP contribution in [-0.2, 0) is 29.5 Å². The number of phenols is 1. The lowest BCUT2D eigenvalue weighted by Crippen LogP contribution is -2.30. The van der Waals surface area contributed by atoms with Crippen LogP contribution in [0.15, 0.2) is 89.8 Å². The Morgan fingerprint density at radius 3 is 2.20 bits per heavy atom. The summed E-state index contributed by atoms with van der Waals surface area (Å²) in [5.74, 6) is -0.0249. The Balaban J connectivity index is 1.64. The number of sulfonamides is 1. The first-order valence-electron chi connectivity index (χ1n) is 12.9. The van der Waals surface area contributed by atoms with Crippen LogP contribution in [0, 0.1) is 5.82 Å².